The Morgan fingerprint density at radius 2 is 1.93 bits per heavy atom. The Hall–Kier alpha value is -3.12. The molecule has 28 heavy (non-hydrogen) atoms. The molecule has 1 aliphatic heterocycles. The van der Waals surface area contributed by atoms with Crippen molar-refractivity contribution in [1.29, 1.82) is 0 Å². The van der Waals surface area contributed by atoms with Gasteiger partial charge in [0.2, 0.25) is 0 Å². The second-order valence-electron chi connectivity index (χ2n) is 6.57. The van der Waals surface area contributed by atoms with Crippen molar-refractivity contribution in [3.05, 3.63) is 82.0 Å². The number of amides is 2. The second-order valence-corrected chi connectivity index (χ2v) is 7.52. The first-order valence-corrected chi connectivity index (χ1v) is 10.0. The van der Waals surface area contributed by atoms with Crippen LogP contribution in [0.1, 0.15) is 27.2 Å². The molecule has 0 fully saturated rings. The van der Waals surface area contributed by atoms with Crippen LogP contribution in [0.3, 0.4) is 0 Å². The van der Waals surface area contributed by atoms with Crippen molar-refractivity contribution in [2.24, 2.45) is 0 Å². The van der Waals surface area contributed by atoms with E-state index >= 15 is 0 Å². The fourth-order valence-corrected chi connectivity index (χ4v) is 3.95. The quantitative estimate of drug-likeness (QED) is 0.673. The highest BCUT2D eigenvalue weighted by Crippen LogP contribution is 2.32. The highest BCUT2D eigenvalue weighted by atomic mass is 32.1. The predicted octanol–water partition coefficient (Wildman–Crippen LogP) is 5.09. The summed E-state index contributed by atoms with van der Waals surface area (Å²) in [5.74, 6) is -0.000228. The van der Waals surface area contributed by atoms with Gasteiger partial charge in [0, 0.05) is 17.9 Å². The number of carbonyl (C=O) groups excluding carboxylic acids is 2. The van der Waals surface area contributed by atoms with Gasteiger partial charge in [0.25, 0.3) is 5.91 Å². The van der Waals surface area contributed by atoms with Crippen LogP contribution < -0.4 is 10.2 Å². The summed E-state index contributed by atoms with van der Waals surface area (Å²) in [5, 5.41) is 4.66. The van der Waals surface area contributed by atoms with Crippen LogP contribution >= 0.6 is 11.3 Å². The number of ether oxygens (including phenoxy) is 1. The van der Waals surface area contributed by atoms with Crippen molar-refractivity contribution < 1.29 is 14.3 Å². The van der Waals surface area contributed by atoms with Crippen molar-refractivity contribution in [3.8, 4) is 0 Å². The monoisotopic (exact) mass is 392 g/mol. The summed E-state index contributed by atoms with van der Waals surface area (Å²) in [7, 11) is 0. The molecule has 0 spiro atoms. The first kappa shape index (κ1) is 18.3. The normalized spacial score (nSPS) is 12.9. The number of rotatable bonds is 4. The van der Waals surface area contributed by atoms with Crippen LogP contribution in [-0.2, 0) is 17.8 Å². The Bertz CT molecular complexity index is 971. The van der Waals surface area contributed by atoms with Gasteiger partial charge < -0.3 is 9.64 Å². The zero-order valence-corrected chi connectivity index (χ0v) is 16.1. The molecule has 0 radical (unpaired) electrons. The third kappa shape index (κ3) is 4.07. The summed E-state index contributed by atoms with van der Waals surface area (Å²) >= 11 is 1.44. The van der Waals surface area contributed by atoms with Gasteiger partial charge in [-0.15, -0.1) is 11.3 Å². The summed E-state index contributed by atoms with van der Waals surface area (Å²) in [4.78, 5) is 27.5. The maximum absolute atomic E-state index is 12.8. The van der Waals surface area contributed by atoms with E-state index in [9.17, 15) is 9.59 Å². The molecule has 0 bridgehead atoms. The number of benzene rings is 2. The highest BCUT2D eigenvalue weighted by Gasteiger charge is 2.24. The number of fused-ring (bicyclic) bond motifs is 1. The first-order valence-electron chi connectivity index (χ1n) is 9.17. The number of anilines is 2. The van der Waals surface area contributed by atoms with E-state index in [-0.39, 0.29) is 12.5 Å². The molecule has 4 rings (SSSR count). The maximum atomic E-state index is 12.8. The molecule has 5 nitrogen and oxygen atoms in total. The molecule has 0 saturated heterocycles. The van der Waals surface area contributed by atoms with Gasteiger partial charge in [-0.3, -0.25) is 10.1 Å². The average Bonchev–Trinajstić information content (AvgIpc) is 3.27. The topological polar surface area (TPSA) is 58.6 Å². The Balaban J connectivity index is 1.47. The number of thiophene rings is 1. The lowest BCUT2D eigenvalue weighted by molar-refractivity contribution is 0.0989. The number of hydrogen-bond donors (Lipinski definition) is 1. The van der Waals surface area contributed by atoms with Crippen LogP contribution in [0.2, 0.25) is 0 Å². The number of nitrogens with zero attached hydrogens (tertiary/aromatic N) is 1. The van der Waals surface area contributed by atoms with Gasteiger partial charge in [0.1, 0.15) is 6.61 Å². The lowest BCUT2D eigenvalue weighted by Crippen LogP contribution is -2.35. The Labute approximate surface area is 167 Å². The van der Waals surface area contributed by atoms with Gasteiger partial charge >= 0.3 is 6.09 Å². The zero-order valence-electron chi connectivity index (χ0n) is 15.3. The number of carbonyl (C=O) groups is 2. The highest BCUT2D eigenvalue weighted by molar-refractivity contribution is 7.12. The van der Waals surface area contributed by atoms with E-state index in [2.05, 4.69) is 5.32 Å². The fraction of sp³-hybridized carbons (Fsp3) is 0.182. The van der Waals surface area contributed by atoms with Gasteiger partial charge in [-0.1, -0.05) is 42.5 Å². The van der Waals surface area contributed by atoms with Crippen LogP contribution in [-0.4, -0.2) is 18.5 Å². The molecular formula is C22H20N2O3S. The Kier molecular flexibility index (Phi) is 5.39. The van der Waals surface area contributed by atoms with Crippen LogP contribution in [0.4, 0.5) is 16.2 Å². The largest absolute Gasteiger partial charge is 0.444 e. The summed E-state index contributed by atoms with van der Waals surface area (Å²) in [6, 6.07) is 18.9. The van der Waals surface area contributed by atoms with Crippen molar-refractivity contribution in [1.82, 2.24) is 0 Å². The molecule has 0 atom stereocenters. The van der Waals surface area contributed by atoms with Crippen molar-refractivity contribution in [3.63, 3.8) is 0 Å². The van der Waals surface area contributed by atoms with Crippen LogP contribution in [0, 0.1) is 0 Å². The van der Waals surface area contributed by atoms with E-state index in [1.54, 1.807) is 4.90 Å². The zero-order chi connectivity index (χ0) is 19.3. The van der Waals surface area contributed by atoms with E-state index in [1.807, 2.05) is 66.0 Å². The minimum atomic E-state index is -0.518. The molecule has 6 heteroatoms. The Morgan fingerprint density at radius 3 is 2.71 bits per heavy atom. The van der Waals surface area contributed by atoms with Gasteiger partial charge in [-0.2, -0.15) is 0 Å². The van der Waals surface area contributed by atoms with E-state index in [1.165, 1.54) is 11.3 Å². The van der Waals surface area contributed by atoms with E-state index in [0.717, 1.165) is 29.7 Å². The molecule has 0 aliphatic carbocycles. The Morgan fingerprint density at radius 1 is 1.07 bits per heavy atom. The molecule has 2 aromatic carbocycles. The van der Waals surface area contributed by atoms with E-state index < -0.39 is 6.09 Å². The third-order valence-corrected chi connectivity index (χ3v) is 5.50. The van der Waals surface area contributed by atoms with Crippen molar-refractivity contribution >= 4 is 34.7 Å². The van der Waals surface area contributed by atoms with Crippen LogP contribution in [0.15, 0.2) is 66.0 Å². The third-order valence-electron chi connectivity index (χ3n) is 4.64. The summed E-state index contributed by atoms with van der Waals surface area (Å²) < 4.78 is 5.28. The van der Waals surface area contributed by atoms with Crippen molar-refractivity contribution in [2.45, 2.75) is 19.4 Å². The minimum Gasteiger partial charge on any atom is -0.444 e. The van der Waals surface area contributed by atoms with Crippen LogP contribution in [0.5, 0.6) is 0 Å². The van der Waals surface area contributed by atoms with Gasteiger partial charge in [0.15, 0.2) is 0 Å². The smallest absolute Gasteiger partial charge is 0.411 e. The molecule has 0 unspecified atom stereocenters. The average molecular weight is 392 g/mol. The predicted molar refractivity (Wildman–Crippen MR) is 111 cm³/mol. The SMILES string of the molecule is O=C(Nc1ccc2c(c1)N(C(=O)c1cccs1)CCC2)OCc1ccccc1. The summed E-state index contributed by atoms with van der Waals surface area (Å²) in [5.41, 5.74) is 3.50. The minimum absolute atomic E-state index is 0.000228. The lowest BCUT2D eigenvalue weighted by atomic mass is 10.0. The summed E-state index contributed by atoms with van der Waals surface area (Å²) in [6.07, 6.45) is 1.33. The van der Waals surface area contributed by atoms with E-state index in [4.69, 9.17) is 4.74 Å². The fourth-order valence-electron chi connectivity index (χ4n) is 3.27. The standard InChI is InChI=1S/C22H20N2O3S/c25-21(20-9-5-13-28-20)24-12-4-8-17-10-11-18(14-19(17)24)23-22(26)27-15-16-6-2-1-3-7-16/h1-3,5-7,9-11,13-14H,4,8,12,15H2,(H,23,26). The molecular weight excluding hydrogens is 372 g/mol. The molecule has 3 aromatic rings. The maximum Gasteiger partial charge on any atom is 0.411 e. The van der Waals surface area contributed by atoms with E-state index in [0.29, 0.717) is 17.1 Å². The van der Waals surface area contributed by atoms with Gasteiger partial charge in [-0.25, -0.2) is 4.79 Å². The summed E-state index contributed by atoms with van der Waals surface area (Å²) in [6.45, 7) is 0.881. The molecule has 2 heterocycles. The molecule has 2 amide bonds. The molecule has 1 aliphatic rings. The second kappa shape index (κ2) is 8.27. The molecule has 0 saturated carbocycles. The van der Waals surface area contributed by atoms with Gasteiger partial charge in [0.05, 0.1) is 4.88 Å². The number of hydrogen-bond acceptors (Lipinski definition) is 4. The molecule has 1 aromatic heterocycles. The lowest BCUT2D eigenvalue weighted by Gasteiger charge is -2.29. The number of aryl methyl sites for hydroxylation is 1. The molecule has 1 N–H and O–H groups in total. The van der Waals surface area contributed by atoms with Crippen LogP contribution in [0.25, 0.3) is 0 Å². The van der Waals surface area contributed by atoms with Gasteiger partial charge in [-0.05, 0) is 47.5 Å². The first-order chi connectivity index (χ1) is 13.7. The number of nitrogens with one attached hydrogen (secondary N) is 1. The van der Waals surface area contributed by atoms with Crippen molar-refractivity contribution in [2.75, 3.05) is 16.8 Å². The molecule has 142 valence electrons.